The molecule has 0 saturated heterocycles. The Bertz CT molecular complexity index is 1330. The first-order chi connectivity index (χ1) is 23.2. The van der Waals surface area contributed by atoms with Gasteiger partial charge in [0.2, 0.25) is 0 Å². The Labute approximate surface area is 285 Å². The fourth-order valence-corrected chi connectivity index (χ4v) is 3.37. The van der Waals surface area contributed by atoms with Gasteiger partial charge >= 0.3 is 106 Å². The van der Waals surface area contributed by atoms with E-state index in [0.29, 0.717) is 0 Å². The molecule has 0 aromatic carbocycles. The molecule has 0 aromatic heterocycles. The zero-order valence-corrected chi connectivity index (χ0v) is 24.9. The molecule has 0 radical (unpaired) electrons. The molecule has 0 rings (SSSR count). The maximum absolute atomic E-state index is 13.8. The van der Waals surface area contributed by atoms with Gasteiger partial charge in [-0.05, 0) is 15.9 Å². The molecule has 0 bridgehead atoms. The van der Waals surface area contributed by atoms with Crippen molar-refractivity contribution in [2.45, 2.75) is 106 Å². The quantitative estimate of drug-likeness (QED) is 0.107. The van der Waals surface area contributed by atoms with Crippen LogP contribution in [-0.2, 0) is 0 Å². The lowest BCUT2D eigenvalue weighted by atomic mass is 9.82. The normalized spacial score (nSPS) is 17.5. The molecule has 0 N–H and O–H groups in total. The van der Waals surface area contributed by atoms with Gasteiger partial charge in [-0.1, -0.05) is 0 Å². The first-order valence-electron chi connectivity index (χ1n) is 11.4. The van der Waals surface area contributed by atoms with Crippen LogP contribution >= 0.6 is 15.9 Å². The predicted molar refractivity (Wildman–Crippen MR) is 99.1 cm³/mol. The first kappa shape index (κ1) is 53.9. The van der Waals surface area contributed by atoms with E-state index in [2.05, 4.69) is 0 Å². The topological polar surface area (TPSA) is 0 Å². The van der Waals surface area contributed by atoms with Crippen LogP contribution in [0.5, 0.6) is 0 Å². The highest BCUT2D eigenvalue weighted by molar-refractivity contribution is 9.10. The molecule has 0 fully saturated rings. The molecule has 0 aliphatic heterocycles. The van der Waals surface area contributed by atoms with Crippen molar-refractivity contribution in [2.75, 3.05) is 0 Å². The average Bonchev–Trinajstić information content (AvgIpc) is 2.94. The van der Waals surface area contributed by atoms with E-state index in [1.807, 2.05) is 0 Å². The molecule has 0 saturated carbocycles. The largest absolute Gasteiger partial charge is 0.460 e. The van der Waals surface area contributed by atoms with Crippen molar-refractivity contribution >= 4 is 15.9 Å². The maximum Gasteiger partial charge on any atom is 0.460 e. The van der Waals surface area contributed by atoms with Gasteiger partial charge in [0.15, 0.2) is 0 Å². The molecule has 0 aliphatic carbocycles. The maximum atomic E-state index is 13.8. The highest BCUT2D eigenvalue weighted by atomic mass is 79.9. The zero-order chi connectivity index (χ0) is 47.0. The van der Waals surface area contributed by atoms with Crippen LogP contribution in [0, 0.1) is 0 Å². The molecule has 0 aliphatic rings. The van der Waals surface area contributed by atoms with Crippen LogP contribution in [0.15, 0.2) is 0 Å². The van der Waals surface area contributed by atoms with Gasteiger partial charge in [0, 0.05) is 0 Å². The number of hydrogen-bond acceptors (Lipinski definition) is 0. The molecule has 38 heteroatoms. The van der Waals surface area contributed by atoms with Crippen LogP contribution in [0.1, 0.15) is 0 Å². The Morgan fingerprint density at radius 1 is 0.143 bits per heavy atom. The lowest BCUT2D eigenvalue weighted by Gasteiger charge is -2.47. The second-order valence-electron chi connectivity index (χ2n) is 10.2. The summed E-state index contributed by atoms with van der Waals surface area (Å²) in [4.78, 5) is -7.16. The van der Waals surface area contributed by atoms with E-state index in [1.165, 1.54) is 0 Å². The molecule has 0 amide bonds. The second-order valence-corrected chi connectivity index (χ2v) is 11.2. The summed E-state index contributed by atoms with van der Waals surface area (Å²) < 4.78 is 495. The molecule has 338 valence electrons. The summed E-state index contributed by atoms with van der Waals surface area (Å²) in [6.45, 7) is 0. The SMILES string of the molecule is FC(F)(F)C(F)(F)C(F)(F)C(F)(F)C(F)(F)C(F)(F)C(F)(F)C(F)(F)C(F)(F)C(F)(F)C(F)(F)C(F)(F)C(F)(F)C(F)(F)C(F)(F)C(F)(F)C(F)(F)C(F)(F)Br. The molecule has 56 heavy (non-hydrogen) atoms. The fourth-order valence-electron chi connectivity index (χ4n) is 3.12. The van der Waals surface area contributed by atoms with Gasteiger partial charge in [0.05, 0.1) is 0 Å². The van der Waals surface area contributed by atoms with Crippen molar-refractivity contribution in [1.82, 2.24) is 0 Å². The van der Waals surface area contributed by atoms with Crippen molar-refractivity contribution in [3.05, 3.63) is 0 Å². The van der Waals surface area contributed by atoms with Gasteiger partial charge in [-0.3, -0.25) is 0 Å². The summed E-state index contributed by atoms with van der Waals surface area (Å²) >= 11 is -0.00734. The minimum Gasteiger partial charge on any atom is -0.192 e. The van der Waals surface area contributed by atoms with E-state index in [9.17, 15) is 162 Å². The van der Waals surface area contributed by atoms with E-state index < -0.39 is 106 Å². The lowest BCUT2D eigenvalue weighted by Crippen LogP contribution is -2.80. The molecule has 0 atom stereocenters. The highest BCUT2D eigenvalue weighted by Gasteiger charge is 3.02. The van der Waals surface area contributed by atoms with Crippen molar-refractivity contribution in [3.63, 3.8) is 0 Å². The van der Waals surface area contributed by atoms with Crippen molar-refractivity contribution < 1.29 is 162 Å². The molecule has 0 unspecified atom stereocenters. The number of halogens is 38. The molecule has 0 aromatic rings. The fraction of sp³-hybridized carbons (Fsp3) is 1.00. The van der Waals surface area contributed by atoms with Crippen LogP contribution in [0.2, 0.25) is 0 Å². The van der Waals surface area contributed by atoms with Gasteiger partial charge < -0.3 is 0 Å². The van der Waals surface area contributed by atoms with Crippen molar-refractivity contribution in [3.8, 4) is 0 Å². The van der Waals surface area contributed by atoms with Crippen LogP contribution in [0.3, 0.4) is 0 Å². The first-order valence-corrected chi connectivity index (χ1v) is 12.2. The van der Waals surface area contributed by atoms with Gasteiger partial charge in [-0.2, -0.15) is 162 Å². The van der Waals surface area contributed by atoms with Gasteiger partial charge in [-0.15, -0.1) is 0 Å². The molecule has 0 nitrogen and oxygen atoms in total. The number of rotatable bonds is 16. The Kier molecular flexibility index (Phi) is 12.2. The van der Waals surface area contributed by atoms with Crippen molar-refractivity contribution in [1.29, 1.82) is 0 Å². The minimum atomic E-state index is -10.4. The monoisotopic (exact) mass is 998 g/mol. The van der Waals surface area contributed by atoms with E-state index in [-0.39, 0.29) is 15.9 Å². The van der Waals surface area contributed by atoms with Gasteiger partial charge in [0.25, 0.3) is 0 Å². The lowest BCUT2D eigenvalue weighted by molar-refractivity contribution is -0.493. The van der Waals surface area contributed by atoms with Gasteiger partial charge in [0.1, 0.15) is 0 Å². The predicted octanol–water partition coefficient (Wildman–Crippen LogP) is 12.7. The second kappa shape index (κ2) is 12.7. The Morgan fingerprint density at radius 3 is 0.321 bits per heavy atom. The average molecular weight is 999 g/mol. The Balaban J connectivity index is 7.85. The van der Waals surface area contributed by atoms with Crippen LogP contribution in [0.4, 0.5) is 162 Å². The summed E-state index contributed by atoms with van der Waals surface area (Å²) in [6.07, 6.45) is -8.46. The standard InChI is InChI=1S/C18BrF37/c19-17(52,53)15(48,49)13(44,45)11(40,41)9(36,37)7(32,33)5(28,29)3(24,25)1(20,21)2(22,23)4(26,27)6(30,31)8(34,35)10(38,39)12(42,43)14(46,47)16(50,51)18(54,55)56. The smallest absolute Gasteiger partial charge is 0.192 e. The third-order valence-electron chi connectivity index (χ3n) is 6.63. The molecule has 0 heterocycles. The van der Waals surface area contributed by atoms with Crippen LogP contribution in [0.25, 0.3) is 0 Å². The van der Waals surface area contributed by atoms with Gasteiger partial charge in [-0.25, -0.2) is 0 Å². The summed E-state index contributed by atoms with van der Waals surface area (Å²) in [5, 5.41) is 0. The summed E-state index contributed by atoms with van der Waals surface area (Å²) in [5.74, 6) is -158. The van der Waals surface area contributed by atoms with E-state index in [0.717, 1.165) is 0 Å². The minimum absolute atomic E-state index is 0.00734. The molecular weight excluding hydrogens is 999 g/mol. The summed E-state index contributed by atoms with van der Waals surface area (Å²) in [6, 6.07) is 0. The third-order valence-corrected chi connectivity index (χ3v) is 7.13. The van der Waals surface area contributed by atoms with E-state index in [4.69, 9.17) is 0 Å². The van der Waals surface area contributed by atoms with E-state index in [1.54, 1.807) is 0 Å². The van der Waals surface area contributed by atoms with Crippen LogP contribution in [-0.4, -0.2) is 106 Å². The van der Waals surface area contributed by atoms with Crippen molar-refractivity contribution in [2.24, 2.45) is 0 Å². The Morgan fingerprint density at radius 2 is 0.232 bits per heavy atom. The molecule has 0 spiro atoms. The zero-order valence-electron chi connectivity index (χ0n) is 23.4. The van der Waals surface area contributed by atoms with Crippen LogP contribution < -0.4 is 0 Å². The summed E-state index contributed by atoms with van der Waals surface area (Å²) in [7, 11) is 0. The Hall–Kier alpha value is -2.11. The van der Waals surface area contributed by atoms with E-state index >= 15 is 0 Å². The molecular formula is C18BrF37. The number of alkyl halides is 38. The third kappa shape index (κ3) is 5.90. The highest BCUT2D eigenvalue weighted by Crippen LogP contribution is 2.70. The summed E-state index contributed by atoms with van der Waals surface area (Å²) in [5.41, 5.74) is 0. The number of hydrogen-bond donors (Lipinski definition) is 0.